The number of carboxylic acids is 1. The summed E-state index contributed by atoms with van der Waals surface area (Å²) >= 11 is 0. The van der Waals surface area contributed by atoms with Crippen LogP contribution in [0.1, 0.15) is 55.2 Å². The van der Waals surface area contributed by atoms with E-state index in [2.05, 4.69) is 15.1 Å². The number of sulfonamides is 1. The average Bonchev–Trinajstić information content (AvgIpc) is 3.15. The third kappa shape index (κ3) is 6.75. The molecule has 0 radical (unpaired) electrons. The van der Waals surface area contributed by atoms with Gasteiger partial charge in [0.15, 0.2) is 5.69 Å². The number of hydrogen-bond acceptors (Lipinski definition) is 6. The molecular weight excluding hydrogens is 496 g/mol. The van der Waals surface area contributed by atoms with E-state index in [1.165, 1.54) is 22.9 Å². The number of carboxylic acid groups (broad SMARTS) is 1. The molecule has 2 aromatic carbocycles. The van der Waals surface area contributed by atoms with Gasteiger partial charge in [-0.05, 0) is 56.5 Å². The number of aromatic carboxylic acids is 1. The van der Waals surface area contributed by atoms with Crippen molar-refractivity contribution in [2.75, 3.05) is 11.9 Å². The van der Waals surface area contributed by atoms with Crippen molar-refractivity contribution in [1.29, 1.82) is 0 Å². The molecule has 3 rings (SSSR count). The molecule has 1 aromatic heterocycles. The first-order valence-electron chi connectivity index (χ1n) is 11.9. The summed E-state index contributed by atoms with van der Waals surface area (Å²) in [7, 11) is -4.03. The second-order valence-corrected chi connectivity index (χ2v) is 10.9. The van der Waals surface area contributed by atoms with E-state index in [0.29, 0.717) is 17.8 Å². The molecule has 0 aliphatic carbocycles. The molecule has 0 bridgehead atoms. The number of nitrogens with one attached hydrogen (secondary N) is 2. The lowest BCUT2D eigenvalue weighted by atomic mass is 10.1. The number of rotatable bonds is 11. The quantitative estimate of drug-likeness (QED) is 0.329. The molecule has 11 heteroatoms. The number of carbonyl (C=O) groups excluding carboxylic acids is 1. The highest BCUT2D eigenvalue weighted by atomic mass is 32.2. The Morgan fingerprint density at radius 1 is 1.11 bits per heavy atom. The summed E-state index contributed by atoms with van der Waals surface area (Å²) in [5.41, 5.74) is 1.85. The van der Waals surface area contributed by atoms with Crippen LogP contribution in [0.3, 0.4) is 0 Å². The monoisotopic (exact) mass is 528 g/mol. The van der Waals surface area contributed by atoms with Gasteiger partial charge >= 0.3 is 5.97 Å². The van der Waals surface area contributed by atoms with E-state index in [4.69, 9.17) is 4.74 Å². The van der Waals surface area contributed by atoms with Crippen LogP contribution >= 0.6 is 0 Å². The van der Waals surface area contributed by atoms with Gasteiger partial charge in [-0.3, -0.25) is 4.79 Å². The van der Waals surface area contributed by atoms with Gasteiger partial charge in [-0.2, -0.15) is 9.78 Å². The van der Waals surface area contributed by atoms with Gasteiger partial charge in [0.2, 0.25) is 21.8 Å². The first kappa shape index (κ1) is 27.9. The average molecular weight is 529 g/mol. The number of nitrogens with zero attached hydrogens (tertiary/aromatic N) is 2. The van der Waals surface area contributed by atoms with Crippen LogP contribution in [0.5, 0.6) is 11.6 Å². The van der Waals surface area contributed by atoms with Crippen molar-refractivity contribution in [3.8, 4) is 17.3 Å². The van der Waals surface area contributed by atoms with Gasteiger partial charge in [-0.25, -0.2) is 17.9 Å². The van der Waals surface area contributed by atoms with Crippen molar-refractivity contribution in [2.24, 2.45) is 5.92 Å². The summed E-state index contributed by atoms with van der Waals surface area (Å²) in [5, 5.41) is 16.6. The molecule has 1 amide bonds. The number of ether oxygens (including phenoxy) is 1. The molecule has 0 saturated heterocycles. The van der Waals surface area contributed by atoms with Gasteiger partial charge in [0.05, 0.1) is 5.69 Å². The molecule has 37 heavy (non-hydrogen) atoms. The summed E-state index contributed by atoms with van der Waals surface area (Å²) in [6.45, 7) is 9.31. The van der Waals surface area contributed by atoms with Crippen molar-refractivity contribution in [1.82, 2.24) is 14.5 Å². The van der Waals surface area contributed by atoms with E-state index < -0.39 is 16.0 Å². The third-order valence-electron chi connectivity index (χ3n) is 5.41. The van der Waals surface area contributed by atoms with Crippen LogP contribution in [0.2, 0.25) is 0 Å². The van der Waals surface area contributed by atoms with Gasteiger partial charge in [0.25, 0.3) is 0 Å². The molecule has 0 saturated carbocycles. The third-order valence-corrected chi connectivity index (χ3v) is 6.89. The fourth-order valence-electron chi connectivity index (χ4n) is 3.55. The number of anilines is 1. The van der Waals surface area contributed by atoms with Crippen molar-refractivity contribution in [3.63, 3.8) is 0 Å². The van der Waals surface area contributed by atoms with Crippen LogP contribution in [-0.4, -0.2) is 41.7 Å². The molecule has 0 spiro atoms. The predicted molar refractivity (Wildman–Crippen MR) is 140 cm³/mol. The number of benzene rings is 2. The number of amides is 1. The van der Waals surface area contributed by atoms with Gasteiger partial charge in [-0.1, -0.05) is 38.5 Å². The molecule has 198 valence electrons. The maximum absolute atomic E-state index is 13.2. The first-order valence-corrected chi connectivity index (χ1v) is 13.4. The lowest BCUT2D eigenvalue weighted by Gasteiger charge is -2.16. The second kappa shape index (κ2) is 11.6. The molecule has 0 atom stereocenters. The Bertz CT molecular complexity index is 1400. The Morgan fingerprint density at radius 3 is 2.38 bits per heavy atom. The fourth-order valence-corrected chi connectivity index (χ4v) is 4.83. The SMILES string of the molecule is CCCNS(=O)(=O)c1cc(NC(=O)CC(C)C)ccc1Oc1c(C)c(C(=O)O)nn1-c1ccc(C)cc1. The van der Waals surface area contributed by atoms with Crippen LogP contribution in [0.25, 0.3) is 5.69 Å². The summed E-state index contributed by atoms with van der Waals surface area (Å²) in [6, 6.07) is 11.5. The second-order valence-electron chi connectivity index (χ2n) is 9.14. The van der Waals surface area contributed by atoms with Gasteiger partial charge < -0.3 is 15.2 Å². The highest BCUT2D eigenvalue weighted by Crippen LogP contribution is 2.35. The molecule has 10 nitrogen and oxygen atoms in total. The van der Waals surface area contributed by atoms with Crippen LogP contribution in [0.4, 0.5) is 5.69 Å². The predicted octanol–water partition coefficient (Wildman–Crippen LogP) is 4.65. The topological polar surface area (TPSA) is 140 Å². The minimum Gasteiger partial charge on any atom is -0.476 e. The Hall–Kier alpha value is -3.70. The molecule has 0 unspecified atom stereocenters. The van der Waals surface area contributed by atoms with Crippen molar-refractivity contribution >= 4 is 27.6 Å². The largest absolute Gasteiger partial charge is 0.476 e. The Labute approximate surface area is 216 Å². The Morgan fingerprint density at radius 2 is 1.78 bits per heavy atom. The Kier molecular flexibility index (Phi) is 8.72. The molecule has 3 N–H and O–H groups in total. The number of aromatic nitrogens is 2. The van der Waals surface area contributed by atoms with Crippen LogP contribution < -0.4 is 14.8 Å². The molecule has 1 heterocycles. The molecule has 0 aliphatic heterocycles. The molecular formula is C26H32N4O6S. The van der Waals surface area contributed by atoms with Gasteiger partial charge in [0, 0.05) is 24.2 Å². The number of aryl methyl sites for hydroxylation is 1. The highest BCUT2D eigenvalue weighted by Gasteiger charge is 2.26. The molecule has 0 aliphatic rings. The minimum absolute atomic E-state index is 0.0428. The van der Waals surface area contributed by atoms with Crippen molar-refractivity contribution in [3.05, 3.63) is 59.3 Å². The maximum atomic E-state index is 13.2. The van der Waals surface area contributed by atoms with E-state index in [1.807, 2.05) is 39.8 Å². The van der Waals surface area contributed by atoms with E-state index in [9.17, 15) is 23.1 Å². The highest BCUT2D eigenvalue weighted by molar-refractivity contribution is 7.89. The Balaban J connectivity index is 2.12. The number of carbonyl (C=O) groups is 2. The van der Waals surface area contributed by atoms with Crippen LogP contribution in [0.15, 0.2) is 47.4 Å². The summed E-state index contributed by atoms with van der Waals surface area (Å²) in [6.07, 6.45) is 0.850. The standard InChI is InChI=1S/C26H32N4O6S/c1-6-13-27-37(34,35)22-15-19(28-23(31)14-16(2)3)9-12-21(22)36-25-18(5)24(26(32)33)29-30(25)20-10-7-17(4)8-11-20/h7-12,15-16,27H,6,13-14H2,1-5H3,(H,28,31)(H,32,33). The molecule has 0 fully saturated rings. The van der Waals surface area contributed by atoms with Gasteiger partial charge in [0.1, 0.15) is 10.6 Å². The smallest absolute Gasteiger partial charge is 0.356 e. The van der Waals surface area contributed by atoms with E-state index in [0.717, 1.165) is 5.56 Å². The maximum Gasteiger partial charge on any atom is 0.356 e. The zero-order chi connectivity index (χ0) is 27.3. The van der Waals surface area contributed by atoms with Gasteiger partial charge in [-0.15, -0.1) is 0 Å². The lowest BCUT2D eigenvalue weighted by Crippen LogP contribution is -2.25. The normalized spacial score (nSPS) is 11.5. The van der Waals surface area contributed by atoms with Crippen molar-refractivity contribution in [2.45, 2.75) is 52.4 Å². The van der Waals surface area contributed by atoms with E-state index in [1.54, 1.807) is 19.1 Å². The zero-order valence-corrected chi connectivity index (χ0v) is 22.3. The first-order chi connectivity index (χ1) is 17.4. The zero-order valence-electron chi connectivity index (χ0n) is 21.5. The van der Waals surface area contributed by atoms with E-state index >= 15 is 0 Å². The number of hydrogen-bond donors (Lipinski definition) is 3. The minimum atomic E-state index is -4.03. The lowest BCUT2D eigenvalue weighted by molar-refractivity contribution is -0.116. The summed E-state index contributed by atoms with van der Waals surface area (Å²) < 4.78 is 36.3. The van der Waals surface area contributed by atoms with Crippen LogP contribution in [0, 0.1) is 19.8 Å². The molecule has 3 aromatic rings. The van der Waals surface area contributed by atoms with Crippen LogP contribution in [-0.2, 0) is 14.8 Å². The fraction of sp³-hybridized carbons (Fsp3) is 0.346. The van der Waals surface area contributed by atoms with Crippen molar-refractivity contribution < 1.29 is 27.9 Å². The van der Waals surface area contributed by atoms with E-state index in [-0.39, 0.29) is 52.6 Å². The summed E-state index contributed by atoms with van der Waals surface area (Å²) in [4.78, 5) is 23.9. The summed E-state index contributed by atoms with van der Waals surface area (Å²) in [5.74, 6) is -1.34.